The lowest BCUT2D eigenvalue weighted by Crippen LogP contribution is -2.44. The van der Waals surface area contributed by atoms with Crippen LogP contribution in [0, 0.1) is 12.8 Å². The minimum Gasteiger partial charge on any atom is -0.393 e. The molecule has 110 valence electrons. The van der Waals surface area contributed by atoms with Crippen LogP contribution < -0.4 is 5.73 Å². The molecule has 2 rings (SSSR count). The Morgan fingerprint density at radius 3 is 2.75 bits per heavy atom. The van der Waals surface area contributed by atoms with Gasteiger partial charge in [0, 0.05) is 32.0 Å². The molecule has 0 bridgehead atoms. The summed E-state index contributed by atoms with van der Waals surface area (Å²) in [5, 5.41) is 10.2. The molecule has 1 amide bonds. The van der Waals surface area contributed by atoms with Crippen molar-refractivity contribution in [1.82, 2.24) is 4.90 Å². The number of hydrogen-bond acceptors (Lipinski definition) is 3. The number of benzene rings is 1. The minimum absolute atomic E-state index is 0.235. The molecule has 0 radical (unpaired) electrons. The standard InChI is InChI=1S/C16H24N2O2/c1-12-2-4-13(5-3-12)10-14-11-18(8-6-15(14)19)9-7-16(17)20/h2-5,14-15,19H,6-11H2,1H3,(H2,17,20)/t14-,15+/m1/s1. The molecule has 20 heavy (non-hydrogen) atoms. The molecule has 1 fully saturated rings. The molecule has 2 atom stereocenters. The molecule has 1 heterocycles. The highest BCUT2D eigenvalue weighted by molar-refractivity contribution is 5.73. The van der Waals surface area contributed by atoms with E-state index in [1.165, 1.54) is 11.1 Å². The smallest absolute Gasteiger partial charge is 0.218 e. The Morgan fingerprint density at radius 2 is 2.10 bits per heavy atom. The van der Waals surface area contributed by atoms with Crippen LogP contribution in [0.5, 0.6) is 0 Å². The van der Waals surface area contributed by atoms with E-state index in [9.17, 15) is 9.90 Å². The maximum absolute atomic E-state index is 10.9. The summed E-state index contributed by atoms with van der Waals surface area (Å²) in [6.45, 7) is 4.46. The van der Waals surface area contributed by atoms with E-state index >= 15 is 0 Å². The number of carbonyl (C=O) groups excluding carboxylic acids is 1. The van der Waals surface area contributed by atoms with Crippen LogP contribution in [0.4, 0.5) is 0 Å². The molecule has 0 spiro atoms. The fraction of sp³-hybridized carbons (Fsp3) is 0.562. The van der Waals surface area contributed by atoms with Gasteiger partial charge in [0.25, 0.3) is 0 Å². The Labute approximate surface area is 120 Å². The molecule has 4 nitrogen and oxygen atoms in total. The van der Waals surface area contributed by atoms with E-state index in [0.717, 1.165) is 25.9 Å². The fourth-order valence-corrected chi connectivity index (χ4v) is 2.79. The van der Waals surface area contributed by atoms with Crippen LogP contribution in [0.3, 0.4) is 0 Å². The molecule has 1 aromatic carbocycles. The SMILES string of the molecule is Cc1ccc(C[C@@H]2CN(CCC(N)=O)CC[C@@H]2O)cc1. The van der Waals surface area contributed by atoms with Crippen molar-refractivity contribution in [3.05, 3.63) is 35.4 Å². The predicted molar refractivity (Wildman–Crippen MR) is 79.2 cm³/mol. The molecular weight excluding hydrogens is 252 g/mol. The summed E-state index contributed by atoms with van der Waals surface area (Å²) in [6, 6.07) is 8.47. The topological polar surface area (TPSA) is 66.6 Å². The third-order valence-corrected chi connectivity index (χ3v) is 4.07. The Balaban J connectivity index is 1.91. The van der Waals surface area contributed by atoms with Gasteiger partial charge < -0.3 is 15.7 Å². The molecule has 0 aromatic heterocycles. The van der Waals surface area contributed by atoms with Crippen LogP contribution in [-0.4, -0.2) is 41.7 Å². The zero-order valence-corrected chi connectivity index (χ0v) is 12.1. The number of aryl methyl sites for hydroxylation is 1. The van der Waals surface area contributed by atoms with Gasteiger partial charge in [-0.05, 0) is 25.3 Å². The maximum Gasteiger partial charge on any atom is 0.218 e. The summed E-state index contributed by atoms with van der Waals surface area (Å²) in [5.74, 6) is -0.0226. The van der Waals surface area contributed by atoms with Gasteiger partial charge in [0.1, 0.15) is 0 Å². The summed E-state index contributed by atoms with van der Waals surface area (Å²) in [7, 11) is 0. The van der Waals surface area contributed by atoms with Crippen molar-refractivity contribution in [1.29, 1.82) is 0 Å². The van der Waals surface area contributed by atoms with Crippen molar-refractivity contribution in [3.63, 3.8) is 0 Å². The first-order valence-corrected chi connectivity index (χ1v) is 7.29. The number of aliphatic hydroxyl groups is 1. The van der Waals surface area contributed by atoms with Crippen LogP contribution >= 0.6 is 0 Å². The summed E-state index contributed by atoms with van der Waals surface area (Å²) in [6.07, 6.45) is 1.80. The van der Waals surface area contributed by atoms with E-state index < -0.39 is 0 Å². The number of carbonyl (C=O) groups is 1. The third-order valence-electron chi connectivity index (χ3n) is 4.07. The number of primary amides is 1. The number of piperidine rings is 1. The molecule has 4 heteroatoms. The predicted octanol–water partition coefficient (Wildman–Crippen LogP) is 1.10. The monoisotopic (exact) mass is 276 g/mol. The van der Waals surface area contributed by atoms with Gasteiger partial charge >= 0.3 is 0 Å². The zero-order chi connectivity index (χ0) is 14.5. The van der Waals surface area contributed by atoms with Gasteiger partial charge in [-0.25, -0.2) is 0 Å². The molecule has 0 unspecified atom stereocenters. The molecule has 1 saturated heterocycles. The van der Waals surface area contributed by atoms with Gasteiger partial charge in [-0.3, -0.25) is 4.79 Å². The Morgan fingerprint density at radius 1 is 1.40 bits per heavy atom. The van der Waals surface area contributed by atoms with Gasteiger partial charge in [-0.1, -0.05) is 29.8 Å². The van der Waals surface area contributed by atoms with Crippen molar-refractivity contribution in [2.45, 2.75) is 32.3 Å². The Bertz CT molecular complexity index is 444. The normalized spacial score (nSPS) is 23.7. The minimum atomic E-state index is -0.258. The molecule has 1 aromatic rings. The lowest BCUT2D eigenvalue weighted by atomic mass is 9.88. The van der Waals surface area contributed by atoms with Crippen molar-refractivity contribution >= 4 is 5.91 Å². The molecule has 3 N–H and O–H groups in total. The number of likely N-dealkylation sites (tertiary alicyclic amines) is 1. The third kappa shape index (κ3) is 4.32. The quantitative estimate of drug-likeness (QED) is 0.846. The number of amides is 1. The second-order valence-corrected chi connectivity index (χ2v) is 5.82. The Hall–Kier alpha value is -1.39. The first-order valence-electron chi connectivity index (χ1n) is 7.29. The number of hydrogen-bond donors (Lipinski definition) is 2. The average Bonchev–Trinajstić information content (AvgIpc) is 2.42. The highest BCUT2D eigenvalue weighted by Crippen LogP contribution is 2.22. The van der Waals surface area contributed by atoms with Gasteiger partial charge in [-0.2, -0.15) is 0 Å². The highest BCUT2D eigenvalue weighted by atomic mass is 16.3. The van der Waals surface area contributed by atoms with Crippen LogP contribution in [0.15, 0.2) is 24.3 Å². The maximum atomic E-state index is 10.9. The average molecular weight is 276 g/mol. The van der Waals surface area contributed by atoms with E-state index in [2.05, 4.69) is 36.1 Å². The molecule has 1 aliphatic heterocycles. The van der Waals surface area contributed by atoms with Crippen LogP contribution in [0.1, 0.15) is 24.0 Å². The molecule has 0 saturated carbocycles. The highest BCUT2D eigenvalue weighted by Gasteiger charge is 2.27. The second kappa shape index (κ2) is 6.86. The van der Waals surface area contributed by atoms with E-state index in [0.29, 0.717) is 13.0 Å². The van der Waals surface area contributed by atoms with Crippen LogP contribution in [0.2, 0.25) is 0 Å². The van der Waals surface area contributed by atoms with Crippen molar-refractivity contribution in [2.75, 3.05) is 19.6 Å². The van der Waals surface area contributed by atoms with Crippen LogP contribution in [0.25, 0.3) is 0 Å². The molecule has 1 aliphatic rings. The van der Waals surface area contributed by atoms with Gasteiger partial charge in [-0.15, -0.1) is 0 Å². The first-order chi connectivity index (χ1) is 9.54. The van der Waals surface area contributed by atoms with Gasteiger partial charge in [0.15, 0.2) is 0 Å². The van der Waals surface area contributed by atoms with Gasteiger partial charge in [0.2, 0.25) is 5.91 Å². The number of nitrogens with two attached hydrogens (primary N) is 1. The van der Waals surface area contributed by atoms with Crippen molar-refractivity contribution < 1.29 is 9.90 Å². The summed E-state index contributed by atoms with van der Waals surface area (Å²) in [5.41, 5.74) is 7.71. The second-order valence-electron chi connectivity index (χ2n) is 5.82. The fourth-order valence-electron chi connectivity index (χ4n) is 2.79. The van der Waals surface area contributed by atoms with E-state index in [1.54, 1.807) is 0 Å². The first kappa shape index (κ1) is 15.0. The Kier molecular flexibility index (Phi) is 5.15. The molecule has 0 aliphatic carbocycles. The van der Waals surface area contributed by atoms with Crippen molar-refractivity contribution in [3.8, 4) is 0 Å². The number of rotatable bonds is 5. The van der Waals surface area contributed by atoms with E-state index in [1.807, 2.05) is 0 Å². The summed E-state index contributed by atoms with van der Waals surface area (Å²) in [4.78, 5) is 13.1. The largest absolute Gasteiger partial charge is 0.393 e. The summed E-state index contributed by atoms with van der Waals surface area (Å²) >= 11 is 0. The lowest BCUT2D eigenvalue weighted by Gasteiger charge is -2.36. The van der Waals surface area contributed by atoms with Crippen LogP contribution in [-0.2, 0) is 11.2 Å². The van der Waals surface area contributed by atoms with Crippen molar-refractivity contribution in [2.24, 2.45) is 11.7 Å². The zero-order valence-electron chi connectivity index (χ0n) is 12.1. The number of aliphatic hydroxyl groups excluding tert-OH is 1. The molecular formula is C16H24N2O2. The summed E-state index contributed by atoms with van der Waals surface area (Å²) < 4.78 is 0. The lowest BCUT2D eigenvalue weighted by molar-refractivity contribution is -0.118. The van der Waals surface area contributed by atoms with Gasteiger partial charge in [0.05, 0.1) is 6.10 Å². The van der Waals surface area contributed by atoms with E-state index in [4.69, 9.17) is 5.73 Å². The van der Waals surface area contributed by atoms with E-state index in [-0.39, 0.29) is 17.9 Å². The number of nitrogens with zero attached hydrogens (tertiary/aromatic N) is 1.